The molecule has 3 nitrogen and oxygen atoms in total. The van der Waals surface area contributed by atoms with E-state index >= 15 is 0 Å². The van der Waals surface area contributed by atoms with E-state index in [2.05, 4.69) is 4.98 Å². The molecule has 1 fully saturated rings. The maximum atomic E-state index is 11.5. The number of carbonyl (C=O) groups excluding carboxylic acids is 1. The number of aromatic nitrogens is 1. The van der Waals surface area contributed by atoms with Crippen LogP contribution >= 0.6 is 0 Å². The molecule has 1 aromatic heterocycles. The standard InChI is InChI=1S/C12H16N2O/c1-2-14-9-10(6-7-12(14)15)11-5-3-4-8-13-11/h3-5,8,10H,2,6-7,9H2,1H3. The number of carbonyl (C=O) groups is 1. The van der Waals surface area contributed by atoms with Crippen LogP contribution in [0.2, 0.25) is 0 Å². The van der Waals surface area contributed by atoms with Gasteiger partial charge in [0, 0.05) is 37.3 Å². The van der Waals surface area contributed by atoms with Gasteiger partial charge < -0.3 is 4.90 Å². The average molecular weight is 204 g/mol. The third-order valence-corrected chi connectivity index (χ3v) is 2.99. The van der Waals surface area contributed by atoms with Gasteiger partial charge in [0.2, 0.25) is 5.91 Å². The molecule has 1 unspecified atom stereocenters. The van der Waals surface area contributed by atoms with Gasteiger partial charge in [0.15, 0.2) is 0 Å². The van der Waals surface area contributed by atoms with Crippen LogP contribution in [0.4, 0.5) is 0 Å². The summed E-state index contributed by atoms with van der Waals surface area (Å²) in [4.78, 5) is 17.8. The largest absolute Gasteiger partial charge is 0.342 e. The number of likely N-dealkylation sites (N-methyl/N-ethyl adjacent to an activating group) is 1. The molecule has 80 valence electrons. The summed E-state index contributed by atoms with van der Waals surface area (Å²) in [5, 5.41) is 0. The van der Waals surface area contributed by atoms with Crippen LogP contribution in [0.5, 0.6) is 0 Å². The number of likely N-dealkylation sites (tertiary alicyclic amines) is 1. The van der Waals surface area contributed by atoms with E-state index in [1.807, 2.05) is 36.2 Å². The molecule has 0 saturated carbocycles. The van der Waals surface area contributed by atoms with Gasteiger partial charge in [-0.15, -0.1) is 0 Å². The summed E-state index contributed by atoms with van der Waals surface area (Å²) in [6, 6.07) is 5.98. The van der Waals surface area contributed by atoms with Crippen LogP contribution in [0, 0.1) is 0 Å². The Balaban J connectivity index is 2.09. The highest BCUT2D eigenvalue weighted by atomic mass is 16.2. The van der Waals surface area contributed by atoms with Crippen molar-refractivity contribution in [3.63, 3.8) is 0 Å². The SMILES string of the molecule is CCN1CC(c2ccccn2)CCC1=O. The van der Waals surface area contributed by atoms with Crippen LogP contribution in [0.1, 0.15) is 31.4 Å². The van der Waals surface area contributed by atoms with E-state index in [4.69, 9.17) is 0 Å². The van der Waals surface area contributed by atoms with Crippen molar-refractivity contribution in [2.24, 2.45) is 0 Å². The molecule has 1 amide bonds. The second kappa shape index (κ2) is 4.43. The van der Waals surface area contributed by atoms with Gasteiger partial charge in [-0.1, -0.05) is 6.07 Å². The number of hydrogen-bond donors (Lipinski definition) is 0. The first kappa shape index (κ1) is 10.1. The van der Waals surface area contributed by atoms with Gasteiger partial charge in [-0.05, 0) is 25.5 Å². The number of hydrogen-bond acceptors (Lipinski definition) is 2. The van der Waals surface area contributed by atoms with Gasteiger partial charge in [-0.25, -0.2) is 0 Å². The third-order valence-electron chi connectivity index (χ3n) is 2.99. The third kappa shape index (κ3) is 2.17. The van der Waals surface area contributed by atoms with E-state index in [9.17, 15) is 4.79 Å². The fourth-order valence-corrected chi connectivity index (χ4v) is 2.08. The van der Waals surface area contributed by atoms with Crippen molar-refractivity contribution in [1.29, 1.82) is 0 Å². The molecule has 1 atom stereocenters. The fraction of sp³-hybridized carbons (Fsp3) is 0.500. The number of piperidine rings is 1. The van der Waals surface area contributed by atoms with E-state index in [1.165, 1.54) is 0 Å². The van der Waals surface area contributed by atoms with Crippen molar-refractivity contribution in [3.05, 3.63) is 30.1 Å². The van der Waals surface area contributed by atoms with Gasteiger partial charge in [-0.2, -0.15) is 0 Å². The molecule has 0 bridgehead atoms. The monoisotopic (exact) mass is 204 g/mol. The van der Waals surface area contributed by atoms with E-state index in [-0.39, 0.29) is 5.91 Å². The van der Waals surface area contributed by atoms with Crippen LogP contribution < -0.4 is 0 Å². The number of amides is 1. The summed E-state index contributed by atoms with van der Waals surface area (Å²) in [6.07, 6.45) is 3.42. The highest BCUT2D eigenvalue weighted by molar-refractivity contribution is 5.77. The lowest BCUT2D eigenvalue weighted by molar-refractivity contribution is -0.133. The predicted octanol–water partition coefficient (Wildman–Crippen LogP) is 1.81. The normalized spacial score (nSPS) is 21.8. The average Bonchev–Trinajstić information content (AvgIpc) is 2.31. The molecule has 0 aromatic carbocycles. The van der Waals surface area contributed by atoms with Crippen molar-refractivity contribution >= 4 is 5.91 Å². The Labute approximate surface area is 90.1 Å². The molecule has 1 aliphatic rings. The van der Waals surface area contributed by atoms with Crippen molar-refractivity contribution < 1.29 is 4.79 Å². The van der Waals surface area contributed by atoms with Gasteiger partial charge >= 0.3 is 0 Å². The summed E-state index contributed by atoms with van der Waals surface area (Å²) in [6.45, 7) is 3.66. The Bertz CT molecular complexity index is 337. The molecule has 3 heteroatoms. The zero-order valence-electron chi connectivity index (χ0n) is 9.02. The van der Waals surface area contributed by atoms with E-state index in [1.54, 1.807) is 0 Å². The van der Waals surface area contributed by atoms with Crippen LogP contribution in [-0.4, -0.2) is 28.9 Å². The van der Waals surface area contributed by atoms with E-state index in [0.717, 1.165) is 25.2 Å². The molecular weight excluding hydrogens is 188 g/mol. The minimum atomic E-state index is 0.282. The summed E-state index contributed by atoms with van der Waals surface area (Å²) >= 11 is 0. The Hall–Kier alpha value is -1.38. The lowest BCUT2D eigenvalue weighted by Crippen LogP contribution is -2.38. The quantitative estimate of drug-likeness (QED) is 0.736. The molecular formula is C12H16N2O. The van der Waals surface area contributed by atoms with Gasteiger partial charge in [0.1, 0.15) is 0 Å². The van der Waals surface area contributed by atoms with Crippen molar-refractivity contribution in [2.45, 2.75) is 25.7 Å². The Morgan fingerprint density at radius 2 is 2.40 bits per heavy atom. The first-order valence-corrected chi connectivity index (χ1v) is 5.50. The predicted molar refractivity (Wildman–Crippen MR) is 58.5 cm³/mol. The van der Waals surface area contributed by atoms with E-state index in [0.29, 0.717) is 12.3 Å². The first-order valence-electron chi connectivity index (χ1n) is 5.50. The van der Waals surface area contributed by atoms with Crippen molar-refractivity contribution in [2.75, 3.05) is 13.1 Å². The molecule has 0 radical (unpaired) electrons. The summed E-state index contributed by atoms with van der Waals surface area (Å²) in [5.74, 6) is 0.702. The van der Waals surface area contributed by atoms with Crippen LogP contribution in [0.25, 0.3) is 0 Å². The summed E-state index contributed by atoms with van der Waals surface area (Å²) < 4.78 is 0. The Kier molecular flexibility index (Phi) is 2.99. The molecule has 0 aliphatic carbocycles. The lowest BCUT2D eigenvalue weighted by atomic mass is 9.94. The first-order chi connectivity index (χ1) is 7.31. The fourth-order valence-electron chi connectivity index (χ4n) is 2.08. The van der Waals surface area contributed by atoms with Crippen LogP contribution in [-0.2, 0) is 4.79 Å². The highest BCUT2D eigenvalue weighted by Crippen LogP contribution is 2.25. The summed E-state index contributed by atoms with van der Waals surface area (Å²) in [7, 11) is 0. The zero-order chi connectivity index (χ0) is 10.7. The second-order valence-corrected chi connectivity index (χ2v) is 3.92. The molecule has 1 aromatic rings. The number of pyridine rings is 1. The van der Waals surface area contributed by atoms with Gasteiger partial charge in [0.25, 0.3) is 0 Å². The van der Waals surface area contributed by atoms with Gasteiger partial charge in [-0.3, -0.25) is 9.78 Å². The molecule has 1 saturated heterocycles. The van der Waals surface area contributed by atoms with Crippen LogP contribution in [0.15, 0.2) is 24.4 Å². The van der Waals surface area contributed by atoms with Crippen LogP contribution in [0.3, 0.4) is 0 Å². The number of rotatable bonds is 2. The Morgan fingerprint density at radius 1 is 1.53 bits per heavy atom. The number of nitrogens with zero attached hydrogens (tertiary/aromatic N) is 2. The van der Waals surface area contributed by atoms with E-state index < -0.39 is 0 Å². The molecule has 1 aliphatic heterocycles. The Morgan fingerprint density at radius 3 is 3.07 bits per heavy atom. The summed E-state index contributed by atoms with van der Waals surface area (Å²) in [5.41, 5.74) is 1.11. The topological polar surface area (TPSA) is 33.2 Å². The lowest BCUT2D eigenvalue weighted by Gasteiger charge is -2.31. The highest BCUT2D eigenvalue weighted by Gasteiger charge is 2.25. The molecule has 15 heavy (non-hydrogen) atoms. The smallest absolute Gasteiger partial charge is 0.222 e. The van der Waals surface area contributed by atoms with Crippen molar-refractivity contribution in [3.8, 4) is 0 Å². The minimum absolute atomic E-state index is 0.282. The minimum Gasteiger partial charge on any atom is -0.342 e. The molecule has 2 heterocycles. The molecule has 2 rings (SSSR count). The maximum absolute atomic E-state index is 11.5. The van der Waals surface area contributed by atoms with Gasteiger partial charge in [0.05, 0.1) is 0 Å². The second-order valence-electron chi connectivity index (χ2n) is 3.92. The molecule has 0 N–H and O–H groups in total. The molecule has 0 spiro atoms. The zero-order valence-corrected chi connectivity index (χ0v) is 9.02. The maximum Gasteiger partial charge on any atom is 0.222 e. The van der Waals surface area contributed by atoms with Crippen molar-refractivity contribution in [1.82, 2.24) is 9.88 Å².